The molecule has 4 rings (SSSR count). The van der Waals surface area contributed by atoms with Crippen LogP contribution in [0, 0.1) is 16.7 Å². The number of imidazole rings is 1. The first kappa shape index (κ1) is 30.2. The first-order valence-electron chi connectivity index (χ1n) is 12.1. The maximum Gasteiger partial charge on any atom is 0.393 e. The second kappa shape index (κ2) is 12.0. The van der Waals surface area contributed by atoms with E-state index in [1.165, 1.54) is 0 Å². The summed E-state index contributed by atoms with van der Waals surface area (Å²) in [5.41, 5.74) is 2.11. The molecule has 1 atom stereocenters. The van der Waals surface area contributed by atoms with E-state index >= 15 is 0 Å². The van der Waals surface area contributed by atoms with Gasteiger partial charge in [0.2, 0.25) is 5.95 Å². The van der Waals surface area contributed by atoms with Crippen LogP contribution in [-0.2, 0) is 18.4 Å². The Hall–Kier alpha value is -2.73. The molecule has 1 unspecified atom stereocenters. The van der Waals surface area contributed by atoms with Crippen molar-refractivity contribution in [3.05, 3.63) is 44.9 Å². The minimum atomic E-state index is -4.27. The van der Waals surface area contributed by atoms with Crippen LogP contribution in [0.5, 0.6) is 0 Å². The van der Waals surface area contributed by atoms with Gasteiger partial charge in [-0.25, -0.2) is 4.98 Å². The fourth-order valence-corrected chi connectivity index (χ4v) is 5.44. The molecule has 2 heterocycles. The molecular formula is C25H24Cl4F3N7O. The quantitative estimate of drug-likeness (QED) is 0.195. The summed E-state index contributed by atoms with van der Waals surface area (Å²) in [6.07, 6.45) is -4.06. The van der Waals surface area contributed by atoms with Crippen LogP contribution in [0.15, 0.2) is 24.3 Å². The molecule has 1 aromatic heterocycles. The van der Waals surface area contributed by atoms with Gasteiger partial charge < -0.3 is 20.1 Å². The summed E-state index contributed by atoms with van der Waals surface area (Å²) in [5, 5.41) is 21.0. The molecule has 0 saturated carbocycles. The van der Waals surface area contributed by atoms with Crippen LogP contribution in [0.25, 0.3) is 11.0 Å². The lowest BCUT2D eigenvalue weighted by Crippen LogP contribution is -2.41. The summed E-state index contributed by atoms with van der Waals surface area (Å²) in [6, 6.07) is 6.54. The normalized spacial score (nSPS) is 15.8. The minimum Gasteiger partial charge on any atom is -0.370 e. The number of benzene rings is 2. The molecule has 214 valence electrons. The van der Waals surface area contributed by atoms with Gasteiger partial charge in [-0.1, -0.05) is 52.5 Å². The third kappa shape index (κ3) is 6.59. The largest absolute Gasteiger partial charge is 0.393 e. The van der Waals surface area contributed by atoms with E-state index in [4.69, 9.17) is 57.2 Å². The highest BCUT2D eigenvalue weighted by molar-refractivity contribution is 6.67. The number of anilines is 3. The number of alkyl halides is 3. The maximum atomic E-state index is 13.4. The molecule has 0 radical (unpaired) electrons. The molecule has 1 saturated heterocycles. The maximum absolute atomic E-state index is 13.4. The molecule has 8 nitrogen and oxygen atoms in total. The fraction of sp³-hybridized carbons (Fsp3) is 0.360. The highest BCUT2D eigenvalue weighted by atomic mass is 35.5. The topological polar surface area (TPSA) is 110 Å². The average molecular weight is 637 g/mol. The SMILES string of the molecule is Cn1c(Nc2c(Cl)ccc(CNC(=O)C(=N)CC(=N)Cl)c2Cl)nc2cc(Cl)c(N3CCCC(C(F)(F)F)C3)cc21. The Morgan fingerprint density at radius 1 is 1.18 bits per heavy atom. The lowest BCUT2D eigenvalue weighted by Gasteiger charge is -2.35. The van der Waals surface area contributed by atoms with Crippen molar-refractivity contribution in [1.29, 1.82) is 10.8 Å². The van der Waals surface area contributed by atoms with E-state index in [-0.39, 0.29) is 46.9 Å². The summed E-state index contributed by atoms with van der Waals surface area (Å²) in [4.78, 5) is 18.4. The number of nitrogens with one attached hydrogen (secondary N) is 4. The smallest absolute Gasteiger partial charge is 0.370 e. The van der Waals surface area contributed by atoms with E-state index in [9.17, 15) is 18.0 Å². The highest BCUT2D eigenvalue weighted by Gasteiger charge is 2.42. The Morgan fingerprint density at radius 2 is 1.90 bits per heavy atom. The number of rotatable bonds is 8. The van der Waals surface area contributed by atoms with Gasteiger partial charge in [0.1, 0.15) is 10.9 Å². The zero-order valence-electron chi connectivity index (χ0n) is 21.0. The summed E-state index contributed by atoms with van der Waals surface area (Å²) in [5.74, 6) is -1.76. The van der Waals surface area contributed by atoms with Crippen LogP contribution >= 0.6 is 46.4 Å². The molecule has 40 heavy (non-hydrogen) atoms. The van der Waals surface area contributed by atoms with E-state index < -0.39 is 18.0 Å². The van der Waals surface area contributed by atoms with E-state index in [2.05, 4.69) is 15.6 Å². The molecule has 1 amide bonds. The average Bonchev–Trinajstić information content (AvgIpc) is 3.18. The van der Waals surface area contributed by atoms with Crippen molar-refractivity contribution in [2.24, 2.45) is 13.0 Å². The van der Waals surface area contributed by atoms with Crippen molar-refractivity contribution < 1.29 is 18.0 Å². The van der Waals surface area contributed by atoms with E-state index in [0.29, 0.717) is 51.9 Å². The number of hydrogen-bond acceptors (Lipinski definition) is 6. The van der Waals surface area contributed by atoms with Crippen molar-refractivity contribution in [2.45, 2.75) is 32.0 Å². The summed E-state index contributed by atoms with van der Waals surface area (Å²) in [6.45, 7) is 0.279. The predicted molar refractivity (Wildman–Crippen MR) is 154 cm³/mol. The summed E-state index contributed by atoms with van der Waals surface area (Å²) < 4.78 is 41.8. The van der Waals surface area contributed by atoms with Crippen molar-refractivity contribution in [2.75, 3.05) is 23.3 Å². The molecule has 0 aliphatic carbocycles. The number of fused-ring (bicyclic) bond motifs is 1. The number of piperidine rings is 1. The van der Waals surface area contributed by atoms with Gasteiger partial charge in [-0.3, -0.25) is 15.6 Å². The number of carbonyl (C=O) groups excluding carboxylic acids is 1. The molecule has 1 aliphatic heterocycles. The number of aromatic nitrogens is 2. The van der Waals surface area contributed by atoms with E-state index in [0.717, 1.165) is 0 Å². The van der Waals surface area contributed by atoms with Crippen LogP contribution < -0.4 is 15.5 Å². The van der Waals surface area contributed by atoms with Gasteiger partial charge in [0, 0.05) is 33.1 Å². The molecule has 0 bridgehead atoms. The second-order valence-corrected chi connectivity index (χ2v) is 11.0. The van der Waals surface area contributed by atoms with Gasteiger partial charge in [-0.2, -0.15) is 13.2 Å². The Bertz CT molecular complexity index is 1490. The Kier molecular flexibility index (Phi) is 9.08. The van der Waals surface area contributed by atoms with Gasteiger partial charge in [-0.15, -0.1) is 0 Å². The number of nitrogens with zero attached hydrogens (tertiary/aromatic N) is 3. The standard InChI is InChI=1S/C25H24Cl4F3N7O/c1-38-19-9-18(39-6-2-3-13(11-39)25(30,31)32)15(27)7-17(19)36-24(38)37-22-14(26)5-4-12(21(22)29)10-35-23(40)16(33)8-20(28)34/h4-5,7,9,13,33-34H,2-3,6,8,10-11H2,1H3,(H,35,40)(H,36,37). The van der Waals surface area contributed by atoms with Gasteiger partial charge in [0.25, 0.3) is 5.91 Å². The monoisotopic (exact) mass is 635 g/mol. The molecular weight excluding hydrogens is 613 g/mol. The van der Waals surface area contributed by atoms with Gasteiger partial charge in [-0.05, 0) is 36.6 Å². The van der Waals surface area contributed by atoms with Crippen molar-refractivity contribution in [1.82, 2.24) is 14.9 Å². The molecule has 15 heteroatoms. The number of aryl methyl sites for hydroxylation is 1. The second-order valence-electron chi connectivity index (χ2n) is 9.38. The first-order chi connectivity index (χ1) is 18.8. The van der Waals surface area contributed by atoms with Crippen LogP contribution in [0.2, 0.25) is 15.1 Å². The first-order valence-corrected chi connectivity index (χ1v) is 13.6. The number of hydrogen-bond donors (Lipinski definition) is 4. The Morgan fingerprint density at radius 3 is 2.58 bits per heavy atom. The van der Waals surface area contributed by atoms with E-state index in [1.54, 1.807) is 40.8 Å². The molecule has 1 fully saturated rings. The zero-order valence-corrected chi connectivity index (χ0v) is 24.0. The third-order valence-corrected chi connectivity index (χ3v) is 7.81. The molecule has 3 aromatic rings. The van der Waals surface area contributed by atoms with Gasteiger partial charge in [0.15, 0.2) is 0 Å². The highest BCUT2D eigenvalue weighted by Crippen LogP contribution is 2.40. The van der Waals surface area contributed by atoms with Crippen molar-refractivity contribution in [3.8, 4) is 0 Å². The third-order valence-electron chi connectivity index (χ3n) is 6.63. The van der Waals surface area contributed by atoms with Crippen LogP contribution in [0.3, 0.4) is 0 Å². The molecule has 0 spiro atoms. The molecule has 2 aromatic carbocycles. The number of carbonyl (C=O) groups is 1. The van der Waals surface area contributed by atoms with Crippen LogP contribution in [0.1, 0.15) is 24.8 Å². The van der Waals surface area contributed by atoms with Gasteiger partial charge >= 0.3 is 6.18 Å². The Balaban J connectivity index is 1.58. The molecule has 4 N–H and O–H groups in total. The van der Waals surface area contributed by atoms with Crippen molar-refractivity contribution in [3.63, 3.8) is 0 Å². The fourth-order valence-electron chi connectivity index (χ4n) is 4.50. The number of amides is 1. The molecule has 1 aliphatic rings. The summed E-state index contributed by atoms with van der Waals surface area (Å²) in [7, 11) is 1.73. The van der Waals surface area contributed by atoms with Crippen molar-refractivity contribution >= 4 is 91.6 Å². The van der Waals surface area contributed by atoms with Crippen LogP contribution in [-0.4, -0.2) is 45.6 Å². The predicted octanol–water partition coefficient (Wildman–Crippen LogP) is 7.30. The lowest BCUT2D eigenvalue weighted by atomic mass is 9.97. The van der Waals surface area contributed by atoms with Crippen LogP contribution in [0.4, 0.5) is 30.5 Å². The zero-order chi connectivity index (χ0) is 29.4. The number of halogens is 7. The minimum absolute atomic E-state index is 0.0161. The lowest BCUT2D eigenvalue weighted by molar-refractivity contribution is -0.176. The van der Waals surface area contributed by atoms with Gasteiger partial charge in [0.05, 0.1) is 43.4 Å². The Labute approximate surface area is 247 Å². The summed E-state index contributed by atoms with van der Waals surface area (Å²) >= 11 is 25.0. The van der Waals surface area contributed by atoms with E-state index in [1.807, 2.05) is 0 Å².